The summed E-state index contributed by atoms with van der Waals surface area (Å²) in [4.78, 5) is 10.7. The zero-order chi connectivity index (χ0) is 17.8. The second kappa shape index (κ2) is 11.9. The number of rotatable bonds is 15. The van der Waals surface area contributed by atoms with E-state index >= 15 is 0 Å². The second-order valence-electron chi connectivity index (χ2n) is 8.05. The molecule has 4 heteroatoms. The summed E-state index contributed by atoms with van der Waals surface area (Å²) in [5.74, 6) is -1.07. The van der Waals surface area contributed by atoms with E-state index in [9.17, 15) is 15.0 Å². The number of hydrogen-bond acceptors (Lipinski definition) is 3. The second-order valence-corrected chi connectivity index (χ2v) is 8.05. The fourth-order valence-corrected chi connectivity index (χ4v) is 3.40. The SMILES string of the molecule is CCCCCCCCCCCCC(C)(O)C[N+](C)(C)CC(=O)[O-]. The van der Waals surface area contributed by atoms with Gasteiger partial charge in [0.15, 0.2) is 0 Å². The summed E-state index contributed by atoms with van der Waals surface area (Å²) in [5, 5.41) is 21.2. The van der Waals surface area contributed by atoms with Crippen molar-refractivity contribution < 1.29 is 19.5 Å². The number of likely N-dealkylation sites (N-methyl/N-ethyl adjacent to an activating group) is 1. The van der Waals surface area contributed by atoms with Crippen LogP contribution >= 0.6 is 0 Å². The van der Waals surface area contributed by atoms with Crippen molar-refractivity contribution in [2.24, 2.45) is 0 Å². The molecular weight excluding hydrogens is 290 g/mol. The minimum absolute atomic E-state index is 0.0613. The number of quaternary nitrogens is 1. The smallest absolute Gasteiger partial charge is 0.119 e. The third-order valence-electron chi connectivity index (χ3n) is 4.39. The molecule has 0 aliphatic carbocycles. The Kier molecular flexibility index (Phi) is 11.5. The summed E-state index contributed by atoms with van der Waals surface area (Å²) in [6, 6.07) is 0. The van der Waals surface area contributed by atoms with E-state index in [1.165, 1.54) is 51.4 Å². The van der Waals surface area contributed by atoms with Gasteiger partial charge in [-0.2, -0.15) is 0 Å². The van der Waals surface area contributed by atoms with Crippen LogP contribution in [0.5, 0.6) is 0 Å². The van der Waals surface area contributed by atoms with Gasteiger partial charge in [0, 0.05) is 0 Å². The van der Waals surface area contributed by atoms with Crippen LogP contribution in [0.15, 0.2) is 0 Å². The molecule has 0 rings (SSSR count). The van der Waals surface area contributed by atoms with Crippen molar-refractivity contribution in [1.29, 1.82) is 0 Å². The molecule has 0 aliphatic rings. The highest BCUT2D eigenvalue weighted by Crippen LogP contribution is 2.19. The molecule has 1 N–H and O–H groups in total. The van der Waals surface area contributed by atoms with E-state index in [0.717, 1.165) is 19.3 Å². The van der Waals surface area contributed by atoms with Gasteiger partial charge in [-0.05, 0) is 13.3 Å². The topological polar surface area (TPSA) is 60.4 Å². The molecular formula is C19H39NO3. The molecule has 0 saturated heterocycles. The van der Waals surface area contributed by atoms with Crippen molar-refractivity contribution >= 4 is 5.97 Å². The Morgan fingerprint density at radius 3 is 1.83 bits per heavy atom. The lowest BCUT2D eigenvalue weighted by Gasteiger charge is -2.36. The Morgan fingerprint density at radius 2 is 1.39 bits per heavy atom. The lowest BCUT2D eigenvalue weighted by Crippen LogP contribution is -2.55. The molecule has 23 heavy (non-hydrogen) atoms. The third-order valence-corrected chi connectivity index (χ3v) is 4.39. The molecule has 0 spiro atoms. The molecule has 0 saturated carbocycles. The molecule has 0 heterocycles. The van der Waals surface area contributed by atoms with Gasteiger partial charge < -0.3 is 19.5 Å². The first-order chi connectivity index (χ1) is 10.7. The van der Waals surface area contributed by atoms with Crippen molar-refractivity contribution in [3.8, 4) is 0 Å². The van der Waals surface area contributed by atoms with Crippen LogP contribution in [-0.2, 0) is 4.79 Å². The van der Waals surface area contributed by atoms with E-state index in [0.29, 0.717) is 6.54 Å². The fraction of sp³-hybridized carbons (Fsp3) is 0.947. The number of aliphatic carboxylic acids is 1. The maximum Gasteiger partial charge on any atom is 0.119 e. The highest BCUT2D eigenvalue weighted by atomic mass is 16.4. The van der Waals surface area contributed by atoms with Gasteiger partial charge in [0.2, 0.25) is 0 Å². The standard InChI is InChI=1S/C19H39NO3/c1-5-6-7-8-9-10-11-12-13-14-15-19(2,23)17-20(3,4)16-18(21)22/h23H,5-17H2,1-4H3. The van der Waals surface area contributed by atoms with Crippen LogP contribution in [0.2, 0.25) is 0 Å². The van der Waals surface area contributed by atoms with Gasteiger partial charge in [0.05, 0.1) is 20.1 Å². The van der Waals surface area contributed by atoms with Gasteiger partial charge in [0.1, 0.15) is 18.7 Å². The first kappa shape index (κ1) is 22.4. The van der Waals surface area contributed by atoms with Crippen molar-refractivity contribution in [3.63, 3.8) is 0 Å². The first-order valence-corrected chi connectivity index (χ1v) is 9.43. The molecule has 0 amide bonds. The highest BCUT2D eigenvalue weighted by molar-refractivity contribution is 5.65. The van der Waals surface area contributed by atoms with Crippen molar-refractivity contribution in [1.82, 2.24) is 0 Å². The van der Waals surface area contributed by atoms with E-state index in [1.807, 2.05) is 21.0 Å². The molecule has 0 aliphatic heterocycles. The lowest BCUT2D eigenvalue weighted by atomic mass is 9.96. The monoisotopic (exact) mass is 329 g/mol. The largest absolute Gasteiger partial charge is 0.544 e. The summed E-state index contributed by atoms with van der Waals surface area (Å²) in [5.41, 5.74) is -0.806. The summed E-state index contributed by atoms with van der Waals surface area (Å²) >= 11 is 0. The van der Waals surface area contributed by atoms with Crippen LogP contribution in [0.3, 0.4) is 0 Å². The average molecular weight is 330 g/mol. The van der Waals surface area contributed by atoms with Crippen LogP contribution in [0.4, 0.5) is 0 Å². The van der Waals surface area contributed by atoms with E-state index in [4.69, 9.17) is 0 Å². The zero-order valence-corrected chi connectivity index (χ0v) is 15.9. The van der Waals surface area contributed by atoms with Crippen molar-refractivity contribution in [2.75, 3.05) is 27.2 Å². The normalized spacial score (nSPS) is 14.7. The average Bonchev–Trinajstić information content (AvgIpc) is 2.37. The van der Waals surface area contributed by atoms with E-state index in [2.05, 4.69) is 6.92 Å². The summed E-state index contributed by atoms with van der Waals surface area (Å²) in [7, 11) is 3.64. The molecule has 0 aromatic carbocycles. The quantitative estimate of drug-likeness (QED) is 0.371. The third kappa shape index (κ3) is 14.7. The molecule has 0 aromatic heterocycles. The molecule has 1 atom stereocenters. The maximum absolute atomic E-state index is 10.7. The predicted molar refractivity (Wildman–Crippen MR) is 93.9 cm³/mol. The number of nitrogens with zero attached hydrogens (tertiary/aromatic N) is 1. The number of aliphatic hydroxyl groups is 1. The van der Waals surface area contributed by atoms with Crippen LogP contribution < -0.4 is 5.11 Å². The van der Waals surface area contributed by atoms with Gasteiger partial charge >= 0.3 is 0 Å². The lowest BCUT2D eigenvalue weighted by molar-refractivity contribution is -0.891. The molecule has 0 fully saturated rings. The van der Waals surface area contributed by atoms with Gasteiger partial charge in [-0.3, -0.25) is 0 Å². The number of hydrogen-bond donors (Lipinski definition) is 1. The Hall–Kier alpha value is -0.610. The minimum atomic E-state index is -1.07. The number of carbonyl (C=O) groups excluding carboxylic acids is 1. The van der Waals surface area contributed by atoms with Crippen LogP contribution in [-0.4, -0.2) is 48.3 Å². The number of carboxylic acids is 1. The van der Waals surface area contributed by atoms with Gasteiger partial charge in [-0.15, -0.1) is 0 Å². The Bertz CT molecular complexity index is 314. The molecule has 0 bridgehead atoms. The number of carbonyl (C=O) groups is 1. The van der Waals surface area contributed by atoms with E-state index < -0.39 is 11.6 Å². The Labute approximate surface area is 143 Å². The Balaban J connectivity index is 3.68. The van der Waals surface area contributed by atoms with Crippen LogP contribution in [0.1, 0.15) is 84.5 Å². The maximum atomic E-state index is 10.7. The van der Waals surface area contributed by atoms with E-state index in [1.54, 1.807) is 0 Å². The minimum Gasteiger partial charge on any atom is -0.544 e. The highest BCUT2D eigenvalue weighted by Gasteiger charge is 2.30. The summed E-state index contributed by atoms with van der Waals surface area (Å²) in [6.45, 7) is 4.44. The molecule has 1 unspecified atom stereocenters. The van der Waals surface area contributed by atoms with Gasteiger partial charge in [0.25, 0.3) is 0 Å². The Morgan fingerprint density at radius 1 is 0.957 bits per heavy atom. The summed E-state index contributed by atoms with van der Waals surface area (Å²) in [6.07, 6.45) is 13.5. The van der Waals surface area contributed by atoms with Crippen LogP contribution in [0.25, 0.3) is 0 Å². The van der Waals surface area contributed by atoms with E-state index in [-0.39, 0.29) is 11.0 Å². The van der Waals surface area contributed by atoms with Crippen LogP contribution in [0, 0.1) is 0 Å². The van der Waals surface area contributed by atoms with Crippen molar-refractivity contribution in [3.05, 3.63) is 0 Å². The molecule has 4 nitrogen and oxygen atoms in total. The molecule has 0 aromatic rings. The number of carboxylic acid groups (broad SMARTS) is 1. The van der Waals surface area contributed by atoms with Crippen molar-refractivity contribution in [2.45, 2.75) is 90.1 Å². The fourth-order valence-electron chi connectivity index (χ4n) is 3.40. The first-order valence-electron chi connectivity index (χ1n) is 9.43. The van der Waals surface area contributed by atoms with Gasteiger partial charge in [-0.1, -0.05) is 71.1 Å². The number of unbranched alkanes of at least 4 members (excludes halogenated alkanes) is 9. The molecule has 138 valence electrons. The summed E-state index contributed by atoms with van der Waals surface area (Å²) < 4.78 is 0.257. The predicted octanol–water partition coefficient (Wildman–Crippen LogP) is 2.87. The van der Waals surface area contributed by atoms with Gasteiger partial charge in [-0.25, -0.2) is 0 Å². The molecule has 0 radical (unpaired) electrons. The zero-order valence-electron chi connectivity index (χ0n) is 15.9.